The summed E-state index contributed by atoms with van der Waals surface area (Å²) in [7, 11) is 0. The zero-order valence-corrected chi connectivity index (χ0v) is 16.9. The number of piperidine rings is 1. The number of amides is 1. The molecule has 0 bridgehead atoms. The molecule has 1 amide bonds. The second-order valence-electron chi connectivity index (χ2n) is 7.45. The maximum Gasteiger partial charge on any atom is 0.227 e. The van der Waals surface area contributed by atoms with Crippen molar-refractivity contribution in [3.8, 4) is 0 Å². The van der Waals surface area contributed by atoms with Gasteiger partial charge in [-0.1, -0.05) is 24.3 Å². The fraction of sp³-hybridized carbons (Fsp3) is 0.261. The average molecular weight is 423 g/mol. The third kappa shape index (κ3) is 5.33. The maximum absolute atomic E-state index is 13.9. The van der Waals surface area contributed by atoms with E-state index in [0.717, 1.165) is 5.56 Å². The van der Waals surface area contributed by atoms with E-state index in [2.05, 4.69) is 20.6 Å². The van der Waals surface area contributed by atoms with Gasteiger partial charge in [0.15, 0.2) is 0 Å². The minimum Gasteiger partial charge on any atom is -0.352 e. The molecule has 1 aromatic heterocycles. The molecule has 2 heterocycles. The SMILES string of the molecule is O=C(NCc1ccc(F)cc1)C1CCN(c2nccc(Nc3ccccc3F)n2)CC1. The summed E-state index contributed by atoms with van der Waals surface area (Å²) in [5.74, 6) is 0.324. The van der Waals surface area contributed by atoms with Crippen LogP contribution in [0, 0.1) is 17.6 Å². The van der Waals surface area contributed by atoms with Crippen LogP contribution in [-0.4, -0.2) is 29.0 Å². The summed E-state index contributed by atoms with van der Waals surface area (Å²) in [4.78, 5) is 23.3. The predicted molar refractivity (Wildman–Crippen MR) is 115 cm³/mol. The summed E-state index contributed by atoms with van der Waals surface area (Å²) < 4.78 is 26.8. The van der Waals surface area contributed by atoms with Crippen molar-refractivity contribution in [3.63, 3.8) is 0 Å². The monoisotopic (exact) mass is 423 g/mol. The van der Waals surface area contributed by atoms with Crippen molar-refractivity contribution in [2.24, 2.45) is 5.92 Å². The molecule has 2 N–H and O–H groups in total. The van der Waals surface area contributed by atoms with Crippen LogP contribution in [0.1, 0.15) is 18.4 Å². The van der Waals surface area contributed by atoms with Crippen molar-refractivity contribution >= 4 is 23.4 Å². The first kappa shape index (κ1) is 20.7. The maximum atomic E-state index is 13.9. The highest BCUT2D eigenvalue weighted by Gasteiger charge is 2.26. The second-order valence-corrected chi connectivity index (χ2v) is 7.45. The topological polar surface area (TPSA) is 70.2 Å². The fourth-order valence-corrected chi connectivity index (χ4v) is 3.55. The van der Waals surface area contributed by atoms with E-state index in [9.17, 15) is 13.6 Å². The molecule has 0 unspecified atom stereocenters. The molecule has 8 heteroatoms. The summed E-state index contributed by atoms with van der Waals surface area (Å²) in [6.45, 7) is 1.68. The summed E-state index contributed by atoms with van der Waals surface area (Å²) in [6, 6.07) is 14.2. The summed E-state index contributed by atoms with van der Waals surface area (Å²) in [6.07, 6.45) is 3.00. The van der Waals surface area contributed by atoms with Gasteiger partial charge in [-0.2, -0.15) is 4.98 Å². The lowest BCUT2D eigenvalue weighted by atomic mass is 9.96. The Hall–Kier alpha value is -3.55. The van der Waals surface area contributed by atoms with Gasteiger partial charge in [-0.15, -0.1) is 0 Å². The van der Waals surface area contributed by atoms with Crippen LogP contribution in [-0.2, 0) is 11.3 Å². The quantitative estimate of drug-likeness (QED) is 0.627. The van der Waals surface area contributed by atoms with Crippen molar-refractivity contribution in [2.45, 2.75) is 19.4 Å². The number of carbonyl (C=O) groups excluding carboxylic acids is 1. The summed E-state index contributed by atoms with van der Waals surface area (Å²) >= 11 is 0. The van der Waals surface area contributed by atoms with Crippen molar-refractivity contribution in [1.82, 2.24) is 15.3 Å². The molecule has 3 aromatic rings. The minimum atomic E-state index is -0.352. The molecule has 31 heavy (non-hydrogen) atoms. The lowest BCUT2D eigenvalue weighted by Gasteiger charge is -2.31. The molecule has 0 radical (unpaired) electrons. The average Bonchev–Trinajstić information content (AvgIpc) is 2.80. The molecule has 2 aromatic carbocycles. The zero-order chi connectivity index (χ0) is 21.6. The van der Waals surface area contributed by atoms with Crippen molar-refractivity contribution in [1.29, 1.82) is 0 Å². The molecule has 0 saturated carbocycles. The minimum absolute atomic E-state index is 0.000126. The Morgan fingerprint density at radius 1 is 1.03 bits per heavy atom. The number of para-hydroxylation sites is 1. The molecule has 0 aliphatic carbocycles. The van der Waals surface area contributed by atoms with Gasteiger partial charge in [-0.25, -0.2) is 13.8 Å². The van der Waals surface area contributed by atoms with Crippen LogP contribution in [0.4, 0.5) is 26.2 Å². The Balaban J connectivity index is 1.30. The van der Waals surface area contributed by atoms with E-state index in [1.807, 2.05) is 4.90 Å². The van der Waals surface area contributed by atoms with Gasteiger partial charge in [0.05, 0.1) is 5.69 Å². The zero-order valence-electron chi connectivity index (χ0n) is 16.9. The first-order valence-electron chi connectivity index (χ1n) is 10.2. The third-order valence-electron chi connectivity index (χ3n) is 5.31. The van der Waals surface area contributed by atoms with Crippen LogP contribution >= 0.6 is 0 Å². The Labute approximate surface area is 179 Å². The number of nitrogens with zero attached hydrogens (tertiary/aromatic N) is 3. The lowest BCUT2D eigenvalue weighted by Crippen LogP contribution is -2.41. The summed E-state index contributed by atoms with van der Waals surface area (Å²) in [5.41, 5.74) is 1.21. The van der Waals surface area contributed by atoms with Crippen LogP contribution in [0.5, 0.6) is 0 Å². The Morgan fingerprint density at radius 3 is 2.52 bits per heavy atom. The normalized spacial score (nSPS) is 14.3. The van der Waals surface area contributed by atoms with Gasteiger partial charge in [0.25, 0.3) is 0 Å². The van der Waals surface area contributed by atoms with E-state index >= 15 is 0 Å². The number of hydrogen-bond acceptors (Lipinski definition) is 5. The fourth-order valence-electron chi connectivity index (χ4n) is 3.55. The van der Waals surface area contributed by atoms with Crippen molar-refractivity contribution in [3.05, 3.63) is 78.0 Å². The van der Waals surface area contributed by atoms with Gasteiger partial charge in [0.2, 0.25) is 11.9 Å². The molecule has 1 saturated heterocycles. The molecule has 6 nitrogen and oxygen atoms in total. The molecule has 0 atom stereocenters. The third-order valence-corrected chi connectivity index (χ3v) is 5.31. The number of nitrogens with one attached hydrogen (secondary N) is 2. The van der Waals surface area contributed by atoms with E-state index in [1.54, 1.807) is 42.6 Å². The number of hydrogen-bond donors (Lipinski definition) is 2. The predicted octanol–water partition coefficient (Wildman–Crippen LogP) is 4.03. The Kier molecular flexibility index (Phi) is 6.35. The van der Waals surface area contributed by atoms with Gasteiger partial charge in [-0.05, 0) is 48.7 Å². The molecular formula is C23H23F2N5O. The van der Waals surface area contributed by atoms with Gasteiger partial charge >= 0.3 is 0 Å². The first-order chi connectivity index (χ1) is 15.1. The standard InChI is InChI=1S/C23H23F2N5O/c24-18-7-5-16(6-8-18)15-27-22(31)17-10-13-30(14-11-17)23-26-12-9-21(29-23)28-20-4-2-1-3-19(20)25/h1-9,12,17H,10-11,13-15H2,(H,27,31)(H,26,28,29). The number of aromatic nitrogens is 2. The van der Waals surface area contributed by atoms with Crippen molar-refractivity contribution in [2.75, 3.05) is 23.3 Å². The number of carbonyl (C=O) groups is 1. The van der Waals surface area contributed by atoms with E-state index in [-0.39, 0.29) is 23.5 Å². The van der Waals surface area contributed by atoms with E-state index in [0.29, 0.717) is 49.9 Å². The smallest absolute Gasteiger partial charge is 0.227 e. The van der Waals surface area contributed by atoms with Crippen LogP contribution in [0.3, 0.4) is 0 Å². The molecule has 4 rings (SSSR count). The highest BCUT2D eigenvalue weighted by molar-refractivity contribution is 5.79. The highest BCUT2D eigenvalue weighted by atomic mass is 19.1. The van der Waals surface area contributed by atoms with Gasteiger partial charge < -0.3 is 15.5 Å². The van der Waals surface area contributed by atoms with Gasteiger partial charge in [0, 0.05) is 31.7 Å². The molecular weight excluding hydrogens is 400 g/mol. The summed E-state index contributed by atoms with van der Waals surface area (Å²) in [5, 5.41) is 5.90. The second kappa shape index (κ2) is 9.51. The molecule has 0 spiro atoms. The van der Waals surface area contributed by atoms with Gasteiger partial charge in [-0.3, -0.25) is 4.79 Å². The number of anilines is 3. The highest BCUT2D eigenvalue weighted by Crippen LogP contribution is 2.23. The molecule has 1 aliphatic heterocycles. The van der Waals surface area contributed by atoms with E-state index in [1.165, 1.54) is 18.2 Å². The molecule has 1 fully saturated rings. The number of rotatable bonds is 6. The first-order valence-corrected chi connectivity index (χ1v) is 10.2. The van der Waals surface area contributed by atoms with Crippen LogP contribution in [0.15, 0.2) is 60.8 Å². The van der Waals surface area contributed by atoms with Crippen LogP contribution in [0.25, 0.3) is 0 Å². The number of halogens is 2. The lowest BCUT2D eigenvalue weighted by molar-refractivity contribution is -0.125. The van der Waals surface area contributed by atoms with Crippen LogP contribution in [0.2, 0.25) is 0 Å². The van der Waals surface area contributed by atoms with Crippen molar-refractivity contribution < 1.29 is 13.6 Å². The van der Waals surface area contributed by atoms with Crippen LogP contribution < -0.4 is 15.5 Å². The van der Waals surface area contributed by atoms with E-state index in [4.69, 9.17) is 0 Å². The molecule has 1 aliphatic rings. The number of benzene rings is 2. The van der Waals surface area contributed by atoms with Gasteiger partial charge in [0.1, 0.15) is 17.5 Å². The Bertz CT molecular complexity index is 1040. The van der Waals surface area contributed by atoms with E-state index < -0.39 is 0 Å². The Morgan fingerprint density at radius 2 is 1.77 bits per heavy atom. The molecule has 160 valence electrons. The largest absolute Gasteiger partial charge is 0.352 e.